The lowest BCUT2D eigenvalue weighted by Gasteiger charge is -2.19. The third kappa shape index (κ3) is 5.26. The fourth-order valence-electron chi connectivity index (χ4n) is 5.50. The van der Waals surface area contributed by atoms with Gasteiger partial charge in [0.25, 0.3) is 0 Å². The van der Waals surface area contributed by atoms with Gasteiger partial charge in [0.15, 0.2) is 11.7 Å². The van der Waals surface area contributed by atoms with Crippen molar-refractivity contribution in [3.63, 3.8) is 0 Å². The second-order valence-electron chi connectivity index (χ2n) is 10.4. The number of anilines is 2. The van der Waals surface area contributed by atoms with Crippen LogP contribution in [-0.4, -0.2) is 11.7 Å². The van der Waals surface area contributed by atoms with E-state index in [0.29, 0.717) is 0 Å². The first-order valence-corrected chi connectivity index (χ1v) is 13.6. The summed E-state index contributed by atoms with van der Waals surface area (Å²) in [4.78, 5) is 10.7. The lowest BCUT2D eigenvalue weighted by molar-refractivity contribution is 0.711. The van der Waals surface area contributed by atoms with Gasteiger partial charge >= 0.3 is 0 Å². The fourth-order valence-corrected chi connectivity index (χ4v) is 5.50. The molecule has 0 aliphatic heterocycles. The molecule has 0 fully saturated rings. The summed E-state index contributed by atoms with van der Waals surface area (Å²) in [6.07, 6.45) is 4.11. The minimum absolute atomic E-state index is 0.0973. The summed E-state index contributed by atoms with van der Waals surface area (Å²) in [7, 11) is 0. The topological polar surface area (TPSA) is 48.8 Å². The third-order valence-electron chi connectivity index (χ3n) is 7.63. The fraction of sp³-hybridized carbons (Fsp3) is 0.235. The van der Waals surface area contributed by atoms with E-state index in [9.17, 15) is 0 Å². The molecule has 0 heterocycles. The second-order valence-corrected chi connectivity index (χ2v) is 10.4. The van der Waals surface area contributed by atoms with Crippen LogP contribution in [0.5, 0.6) is 0 Å². The van der Waals surface area contributed by atoms with Crippen LogP contribution in [0.3, 0.4) is 0 Å². The molecule has 0 saturated heterocycles. The number of hydrogen-bond donors (Lipinski definition) is 2. The molecule has 2 unspecified atom stereocenters. The number of nitrogens with one attached hydrogen (secondary N) is 2. The molecule has 2 aliphatic carbocycles. The Morgan fingerprint density at radius 1 is 0.553 bits per heavy atom. The first kappa shape index (κ1) is 24.2. The molecular formula is C34H34N4. The number of aliphatic imine (C=N–C) groups is 2. The van der Waals surface area contributed by atoms with Gasteiger partial charge in [-0.1, -0.05) is 83.9 Å². The standard InChI is InChI=1S/C34H34N4/c1-23-11-17-27(18-12-23)35-33(37-31-21-15-25-7-3-5-9-29(25)31)34(36-28-19-13-24(2)14-20-28)38-32-22-16-26-8-4-6-10-30(26)32/h3-14,17-20,31-32H,15-16,21-22H2,1-2H3,(H,35,37)(H,36,38). The molecule has 2 aliphatic rings. The Bertz CT molecular complexity index is 1370. The summed E-state index contributed by atoms with van der Waals surface area (Å²) in [6.45, 7) is 4.22. The van der Waals surface area contributed by atoms with Crippen LogP contribution in [0.25, 0.3) is 0 Å². The molecule has 0 radical (unpaired) electrons. The van der Waals surface area contributed by atoms with Crippen molar-refractivity contribution in [3.8, 4) is 0 Å². The molecule has 0 amide bonds. The first-order chi connectivity index (χ1) is 18.6. The van der Waals surface area contributed by atoms with Crippen molar-refractivity contribution >= 4 is 23.0 Å². The van der Waals surface area contributed by atoms with Gasteiger partial charge in [-0.25, -0.2) is 0 Å². The Kier molecular flexibility index (Phi) is 6.78. The molecule has 2 atom stereocenters. The Balaban J connectivity index is 1.44. The highest BCUT2D eigenvalue weighted by Crippen LogP contribution is 2.36. The minimum atomic E-state index is 0.0973. The van der Waals surface area contributed by atoms with Crippen molar-refractivity contribution in [1.29, 1.82) is 0 Å². The van der Waals surface area contributed by atoms with Crippen LogP contribution < -0.4 is 10.6 Å². The monoisotopic (exact) mass is 498 g/mol. The average Bonchev–Trinajstić information content (AvgIpc) is 3.54. The number of nitrogens with zero attached hydrogens (tertiary/aromatic N) is 2. The van der Waals surface area contributed by atoms with E-state index < -0.39 is 0 Å². The molecule has 0 spiro atoms. The molecule has 2 N–H and O–H groups in total. The summed E-state index contributed by atoms with van der Waals surface area (Å²) in [5.41, 5.74) is 9.89. The smallest absolute Gasteiger partial charge is 0.169 e. The summed E-state index contributed by atoms with van der Waals surface area (Å²) in [5.74, 6) is 1.56. The van der Waals surface area contributed by atoms with Crippen LogP contribution >= 0.6 is 0 Å². The molecule has 0 aromatic heterocycles. The Morgan fingerprint density at radius 2 is 0.947 bits per heavy atom. The Morgan fingerprint density at radius 3 is 1.37 bits per heavy atom. The van der Waals surface area contributed by atoms with E-state index in [4.69, 9.17) is 9.98 Å². The largest absolute Gasteiger partial charge is 0.337 e. The summed E-state index contributed by atoms with van der Waals surface area (Å²) in [5, 5.41) is 7.30. The summed E-state index contributed by atoms with van der Waals surface area (Å²) in [6, 6.07) is 34.5. The van der Waals surface area contributed by atoms with Gasteiger partial charge in [0.05, 0.1) is 12.1 Å². The van der Waals surface area contributed by atoms with E-state index in [-0.39, 0.29) is 12.1 Å². The lowest BCUT2D eigenvalue weighted by atomic mass is 10.1. The molecule has 0 saturated carbocycles. The third-order valence-corrected chi connectivity index (χ3v) is 7.63. The number of hydrogen-bond acceptors (Lipinski definition) is 2. The molecule has 4 heteroatoms. The maximum absolute atomic E-state index is 5.36. The quantitative estimate of drug-likeness (QED) is 0.221. The van der Waals surface area contributed by atoms with Gasteiger partial charge in [-0.2, -0.15) is 0 Å². The molecule has 4 aromatic rings. The molecule has 4 aromatic carbocycles. The van der Waals surface area contributed by atoms with Gasteiger partial charge in [-0.3, -0.25) is 9.98 Å². The first-order valence-electron chi connectivity index (χ1n) is 13.6. The van der Waals surface area contributed by atoms with Crippen molar-refractivity contribution in [2.24, 2.45) is 9.98 Å². The predicted molar refractivity (Wildman–Crippen MR) is 159 cm³/mol. The van der Waals surface area contributed by atoms with Crippen molar-refractivity contribution in [2.45, 2.75) is 51.6 Å². The molecule has 190 valence electrons. The highest BCUT2D eigenvalue weighted by Gasteiger charge is 2.26. The van der Waals surface area contributed by atoms with E-state index in [1.54, 1.807) is 0 Å². The number of fused-ring (bicyclic) bond motifs is 2. The maximum atomic E-state index is 5.36. The zero-order valence-corrected chi connectivity index (χ0v) is 22.1. The molecule has 38 heavy (non-hydrogen) atoms. The average molecular weight is 499 g/mol. The highest BCUT2D eigenvalue weighted by atomic mass is 15.1. The molecule has 0 bridgehead atoms. The summed E-state index contributed by atoms with van der Waals surface area (Å²) < 4.78 is 0. The van der Waals surface area contributed by atoms with E-state index >= 15 is 0 Å². The van der Waals surface area contributed by atoms with Crippen LogP contribution in [0.2, 0.25) is 0 Å². The maximum Gasteiger partial charge on any atom is 0.169 e. The number of amidine groups is 2. The second kappa shape index (κ2) is 10.7. The van der Waals surface area contributed by atoms with Crippen molar-refractivity contribution in [1.82, 2.24) is 0 Å². The lowest BCUT2D eigenvalue weighted by Crippen LogP contribution is -2.31. The molecule has 6 rings (SSSR count). The van der Waals surface area contributed by atoms with Gasteiger partial charge in [-0.05, 0) is 86.1 Å². The minimum Gasteiger partial charge on any atom is -0.337 e. The van der Waals surface area contributed by atoms with Crippen LogP contribution in [0.4, 0.5) is 11.4 Å². The van der Waals surface area contributed by atoms with Crippen LogP contribution in [-0.2, 0) is 12.8 Å². The Labute approximate surface area is 225 Å². The van der Waals surface area contributed by atoms with Gasteiger partial charge < -0.3 is 10.6 Å². The molecular weight excluding hydrogens is 464 g/mol. The van der Waals surface area contributed by atoms with Crippen molar-refractivity contribution in [3.05, 3.63) is 130 Å². The van der Waals surface area contributed by atoms with Gasteiger partial charge in [0.1, 0.15) is 0 Å². The van der Waals surface area contributed by atoms with E-state index in [0.717, 1.165) is 48.7 Å². The highest BCUT2D eigenvalue weighted by molar-refractivity contribution is 6.48. The van der Waals surface area contributed by atoms with Crippen molar-refractivity contribution < 1.29 is 0 Å². The zero-order valence-electron chi connectivity index (χ0n) is 22.1. The molecule has 4 nitrogen and oxygen atoms in total. The Hall–Kier alpha value is -4.18. The number of aryl methyl sites for hydroxylation is 4. The van der Waals surface area contributed by atoms with E-state index in [2.05, 4.69) is 122 Å². The van der Waals surface area contributed by atoms with Gasteiger partial charge in [0, 0.05) is 11.4 Å². The van der Waals surface area contributed by atoms with E-state index in [1.807, 2.05) is 0 Å². The van der Waals surface area contributed by atoms with Crippen LogP contribution in [0.1, 0.15) is 58.3 Å². The number of rotatable bonds is 4. The van der Waals surface area contributed by atoms with Crippen LogP contribution in [0.15, 0.2) is 107 Å². The number of benzene rings is 4. The predicted octanol–water partition coefficient (Wildman–Crippen LogP) is 8.00. The normalized spacial score (nSPS) is 18.7. The van der Waals surface area contributed by atoms with Gasteiger partial charge in [-0.15, -0.1) is 0 Å². The van der Waals surface area contributed by atoms with Crippen LogP contribution in [0, 0.1) is 13.8 Å². The van der Waals surface area contributed by atoms with Gasteiger partial charge in [0.2, 0.25) is 0 Å². The van der Waals surface area contributed by atoms with Crippen molar-refractivity contribution in [2.75, 3.05) is 10.6 Å². The summed E-state index contributed by atoms with van der Waals surface area (Å²) >= 11 is 0. The van der Waals surface area contributed by atoms with E-state index in [1.165, 1.54) is 33.4 Å². The zero-order chi connectivity index (χ0) is 25.9. The SMILES string of the molecule is Cc1ccc(NC(=NC2CCc3ccccc32)C(=NC2CCc3ccccc32)Nc2ccc(C)cc2)cc1.